The molecule has 0 fully saturated rings. The van der Waals surface area contributed by atoms with E-state index in [0.29, 0.717) is 13.2 Å². The average Bonchev–Trinajstić information content (AvgIpc) is 3.11. The van der Waals surface area contributed by atoms with Gasteiger partial charge in [-0.15, -0.1) is 0 Å². The Morgan fingerprint density at radius 1 is 1.12 bits per heavy atom. The summed E-state index contributed by atoms with van der Waals surface area (Å²) >= 11 is 0. The zero-order valence-electron chi connectivity index (χ0n) is 17.9. The van der Waals surface area contributed by atoms with E-state index in [2.05, 4.69) is 31.1 Å². The van der Waals surface area contributed by atoms with Crippen LogP contribution in [0.25, 0.3) is 10.9 Å². The van der Waals surface area contributed by atoms with Crippen LogP contribution >= 0.6 is 0 Å². The Labute approximate surface area is 185 Å². The van der Waals surface area contributed by atoms with E-state index in [0.717, 1.165) is 33.7 Å². The van der Waals surface area contributed by atoms with E-state index in [9.17, 15) is 4.79 Å². The maximum Gasteiger partial charge on any atom is 0.291 e. The number of ether oxygens (including phenoxy) is 2. The number of rotatable bonds is 8. The highest BCUT2D eigenvalue weighted by atomic mass is 16.5. The lowest BCUT2D eigenvalue weighted by atomic mass is 10.1. The number of fused-ring (bicyclic) bond motifs is 1. The summed E-state index contributed by atoms with van der Waals surface area (Å²) in [4.78, 5) is 20.0. The summed E-state index contributed by atoms with van der Waals surface area (Å²) < 4.78 is 13.3. The van der Waals surface area contributed by atoms with E-state index in [-0.39, 0.29) is 5.69 Å². The Bertz CT molecular complexity index is 1230. The van der Waals surface area contributed by atoms with E-state index in [1.807, 2.05) is 49.4 Å². The number of aromatic nitrogens is 3. The Hall–Kier alpha value is -4.20. The molecule has 32 heavy (non-hydrogen) atoms. The van der Waals surface area contributed by atoms with Gasteiger partial charge in [-0.2, -0.15) is 5.10 Å². The van der Waals surface area contributed by atoms with Crippen molar-refractivity contribution < 1.29 is 14.3 Å². The first kappa shape index (κ1) is 21.0. The molecule has 0 aliphatic carbocycles. The lowest BCUT2D eigenvalue weighted by Gasteiger charge is -2.11. The van der Waals surface area contributed by atoms with Crippen molar-refractivity contribution >= 4 is 23.0 Å². The standard InChI is InChI=1S/C24H23N5O3/c1-17-21(15-27-28-24(30)22-16-25-11-12-26-22)20-5-3-4-6-23(20)29(17)13-14-32-19-9-7-18(31-2)8-10-19/h3-12,15-16H,13-14H2,1-2H3,(H,28,30)/b27-15+. The largest absolute Gasteiger partial charge is 0.497 e. The molecule has 0 aliphatic rings. The molecule has 2 aromatic carbocycles. The molecule has 0 bridgehead atoms. The summed E-state index contributed by atoms with van der Waals surface area (Å²) in [6.07, 6.45) is 6.03. The summed E-state index contributed by atoms with van der Waals surface area (Å²) in [6, 6.07) is 15.6. The summed E-state index contributed by atoms with van der Waals surface area (Å²) in [6.45, 7) is 3.20. The SMILES string of the molecule is COc1ccc(OCCn2c(C)c(/C=N/NC(=O)c3cnccn3)c3ccccc32)cc1. The number of methoxy groups -OCH3 is 1. The molecule has 2 aromatic heterocycles. The van der Waals surface area contributed by atoms with Gasteiger partial charge in [-0.05, 0) is 37.3 Å². The molecule has 0 radical (unpaired) electrons. The van der Waals surface area contributed by atoms with Gasteiger partial charge in [0.05, 0.1) is 26.1 Å². The van der Waals surface area contributed by atoms with Crippen molar-refractivity contribution in [2.75, 3.05) is 13.7 Å². The van der Waals surface area contributed by atoms with E-state index in [1.54, 1.807) is 13.3 Å². The molecule has 4 aromatic rings. The second-order valence-corrected chi connectivity index (χ2v) is 6.98. The topological polar surface area (TPSA) is 90.6 Å². The van der Waals surface area contributed by atoms with Gasteiger partial charge in [-0.25, -0.2) is 10.4 Å². The molecule has 0 unspecified atom stereocenters. The van der Waals surface area contributed by atoms with Gasteiger partial charge in [0.1, 0.15) is 23.8 Å². The van der Waals surface area contributed by atoms with Crippen molar-refractivity contribution in [1.82, 2.24) is 20.0 Å². The first-order chi connectivity index (χ1) is 15.7. The molecule has 0 spiro atoms. The normalized spacial score (nSPS) is 11.1. The zero-order chi connectivity index (χ0) is 22.3. The molecule has 0 aliphatic heterocycles. The molecular formula is C24H23N5O3. The Kier molecular flexibility index (Phi) is 6.41. The quantitative estimate of drug-likeness (QED) is 0.341. The van der Waals surface area contributed by atoms with Gasteiger partial charge in [-0.3, -0.25) is 9.78 Å². The number of hydrogen-bond acceptors (Lipinski definition) is 6. The highest BCUT2D eigenvalue weighted by Gasteiger charge is 2.13. The fourth-order valence-corrected chi connectivity index (χ4v) is 3.46. The highest BCUT2D eigenvalue weighted by molar-refractivity contribution is 6.01. The lowest BCUT2D eigenvalue weighted by Crippen LogP contribution is -2.19. The summed E-state index contributed by atoms with van der Waals surface area (Å²) in [5.74, 6) is 1.16. The van der Waals surface area contributed by atoms with Crippen LogP contribution in [0.2, 0.25) is 0 Å². The van der Waals surface area contributed by atoms with Crippen LogP contribution in [0, 0.1) is 6.92 Å². The summed E-state index contributed by atoms with van der Waals surface area (Å²) in [5.41, 5.74) is 5.75. The molecule has 1 amide bonds. The minimum atomic E-state index is -0.413. The number of para-hydroxylation sites is 1. The van der Waals surface area contributed by atoms with Crippen LogP contribution in [0.1, 0.15) is 21.7 Å². The molecule has 2 heterocycles. The Morgan fingerprint density at radius 2 is 1.91 bits per heavy atom. The smallest absolute Gasteiger partial charge is 0.291 e. The van der Waals surface area contributed by atoms with Crippen LogP contribution in [-0.4, -0.2) is 40.4 Å². The van der Waals surface area contributed by atoms with Gasteiger partial charge < -0.3 is 14.0 Å². The molecule has 0 atom stereocenters. The number of amides is 1. The second-order valence-electron chi connectivity index (χ2n) is 6.98. The van der Waals surface area contributed by atoms with E-state index >= 15 is 0 Å². The fourth-order valence-electron chi connectivity index (χ4n) is 3.46. The number of hydrogen-bond donors (Lipinski definition) is 1. The van der Waals surface area contributed by atoms with Crippen molar-refractivity contribution in [2.45, 2.75) is 13.5 Å². The number of carbonyl (C=O) groups is 1. The number of benzene rings is 2. The number of nitrogens with zero attached hydrogens (tertiary/aromatic N) is 4. The average molecular weight is 429 g/mol. The molecule has 0 saturated heterocycles. The van der Waals surface area contributed by atoms with Crippen LogP contribution < -0.4 is 14.9 Å². The van der Waals surface area contributed by atoms with Gasteiger partial charge in [-0.1, -0.05) is 18.2 Å². The minimum Gasteiger partial charge on any atom is -0.497 e. The summed E-state index contributed by atoms with van der Waals surface area (Å²) in [7, 11) is 1.64. The first-order valence-corrected chi connectivity index (χ1v) is 10.1. The van der Waals surface area contributed by atoms with E-state index in [4.69, 9.17) is 9.47 Å². The van der Waals surface area contributed by atoms with Gasteiger partial charge in [0, 0.05) is 34.6 Å². The predicted molar refractivity (Wildman–Crippen MR) is 122 cm³/mol. The van der Waals surface area contributed by atoms with E-state index < -0.39 is 5.91 Å². The van der Waals surface area contributed by atoms with Crippen molar-refractivity contribution in [2.24, 2.45) is 5.10 Å². The monoisotopic (exact) mass is 429 g/mol. The van der Waals surface area contributed by atoms with Crippen LogP contribution in [0.4, 0.5) is 0 Å². The fraction of sp³-hybridized carbons (Fsp3) is 0.167. The maximum absolute atomic E-state index is 12.1. The molecule has 0 saturated carbocycles. The zero-order valence-corrected chi connectivity index (χ0v) is 17.9. The van der Waals surface area contributed by atoms with Gasteiger partial charge in [0.15, 0.2) is 0 Å². The van der Waals surface area contributed by atoms with Crippen LogP contribution in [-0.2, 0) is 6.54 Å². The first-order valence-electron chi connectivity index (χ1n) is 10.1. The van der Waals surface area contributed by atoms with Gasteiger partial charge in [0.25, 0.3) is 5.91 Å². The number of carbonyl (C=O) groups excluding carboxylic acids is 1. The van der Waals surface area contributed by atoms with Crippen molar-refractivity contribution in [3.05, 3.63) is 84.1 Å². The van der Waals surface area contributed by atoms with Crippen LogP contribution in [0.3, 0.4) is 0 Å². The molecule has 4 rings (SSSR count). The third-order valence-electron chi connectivity index (χ3n) is 5.08. The van der Waals surface area contributed by atoms with Crippen LogP contribution in [0.15, 0.2) is 72.2 Å². The molecule has 1 N–H and O–H groups in total. The molecule has 8 nitrogen and oxygen atoms in total. The van der Waals surface area contributed by atoms with Crippen molar-refractivity contribution in [3.63, 3.8) is 0 Å². The molecule has 162 valence electrons. The predicted octanol–water partition coefficient (Wildman–Crippen LogP) is 3.59. The third kappa shape index (κ3) is 4.59. The van der Waals surface area contributed by atoms with Crippen LogP contribution in [0.5, 0.6) is 11.5 Å². The van der Waals surface area contributed by atoms with E-state index in [1.165, 1.54) is 18.6 Å². The van der Waals surface area contributed by atoms with Gasteiger partial charge >= 0.3 is 0 Å². The molecular weight excluding hydrogens is 406 g/mol. The third-order valence-corrected chi connectivity index (χ3v) is 5.08. The Balaban J connectivity index is 1.49. The highest BCUT2D eigenvalue weighted by Crippen LogP contribution is 2.25. The minimum absolute atomic E-state index is 0.208. The Morgan fingerprint density at radius 3 is 2.66 bits per heavy atom. The second kappa shape index (κ2) is 9.74. The molecule has 8 heteroatoms. The maximum atomic E-state index is 12.1. The van der Waals surface area contributed by atoms with Gasteiger partial charge in [0.2, 0.25) is 0 Å². The van der Waals surface area contributed by atoms with Crippen molar-refractivity contribution in [1.29, 1.82) is 0 Å². The van der Waals surface area contributed by atoms with Crippen molar-refractivity contribution in [3.8, 4) is 11.5 Å². The number of hydrazone groups is 1. The lowest BCUT2D eigenvalue weighted by molar-refractivity contribution is 0.0949. The number of nitrogens with one attached hydrogen (secondary N) is 1. The summed E-state index contributed by atoms with van der Waals surface area (Å²) in [5, 5.41) is 5.19.